The van der Waals surface area contributed by atoms with Crippen LogP contribution in [0.15, 0.2) is 42.5 Å². The number of benzene rings is 2. The summed E-state index contributed by atoms with van der Waals surface area (Å²) >= 11 is 2.22. The van der Waals surface area contributed by atoms with Crippen LogP contribution in [0, 0.1) is 0 Å². The summed E-state index contributed by atoms with van der Waals surface area (Å²) in [5.41, 5.74) is 6.97. The number of halogens is 1. The first-order valence-electron chi connectivity index (χ1n) is 4.16. The molecule has 2 aromatic rings. The SMILES string of the molecule is NC(I)c1ccc2ccccc2c1. The Morgan fingerprint density at radius 2 is 1.69 bits per heavy atom. The van der Waals surface area contributed by atoms with Gasteiger partial charge in [-0.1, -0.05) is 59.0 Å². The Hall–Kier alpha value is -0.610. The van der Waals surface area contributed by atoms with Gasteiger partial charge < -0.3 is 5.73 Å². The van der Waals surface area contributed by atoms with E-state index in [4.69, 9.17) is 5.73 Å². The summed E-state index contributed by atoms with van der Waals surface area (Å²) in [5.74, 6) is 0. The highest BCUT2D eigenvalue weighted by Crippen LogP contribution is 2.22. The number of rotatable bonds is 1. The first-order valence-corrected chi connectivity index (χ1v) is 5.40. The molecule has 0 aliphatic heterocycles. The average molecular weight is 283 g/mol. The molecule has 2 heteroatoms. The molecular formula is C11H10IN. The largest absolute Gasteiger partial charge is 0.316 e. The molecule has 13 heavy (non-hydrogen) atoms. The summed E-state index contributed by atoms with van der Waals surface area (Å²) in [4.78, 5) is 0. The Labute approximate surface area is 91.1 Å². The van der Waals surface area contributed by atoms with E-state index in [9.17, 15) is 0 Å². The third-order valence-corrected chi connectivity index (χ3v) is 2.81. The third-order valence-electron chi connectivity index (χ3n) is 2.09. The van der Waals surface area contributed by atoms with Gasteiger partial charge >= 0.3 is 0 Å². The number of alkyl halides is 1. The van der Waals surface area contributed by atoms with Crippen molar-refractivity contribution in [3.05, 3.63) is 48.0 Å². The molecule has 2 rings (SSSR count). The first-order chi connectivity index (χ1) is 6.27. The van der Waals surface area contributed by atoms with Gasteiger partial charge in [0.25, 0.3) is 0 Å². The van der Waals surface area contributed by atoms with E-state index in [0.717, 1.165) is 0 Å². The Morgan fingerprint density at radius 3 is 2.38 bits per heavy atom. The van der Waals surface area contributed by atoms with Crippen molar-refractivity contribution in [3.63, 3.8) is 0 Å². The van der Waals surface area contributed by atoms with Crippen LogP contribution in [0.3, 0.4) is 0 Å². The van der Waals surface area contributed by atoms with Gasteiger partial charge in [0.1, 0.15) is 0 Å². The van der Waals surface area contributed by atoms with Crippen molar-refractivity contribution in [1.82, 2.24) is 0 Å². The van der Waals surface area contributed by atoms with Crippen LogP contribution in [0.2, 0.25) is 0 Å². The van der Waals surface area contributed by atoms with Gasteiger partial charge in [0.15, 0.2) is 0 Å². The maximum absolute atomic E-state index is 5.79. The molecule has 1 atom stereocenters. The summed E-state index contributed by atoms with van der Waals surface area (Å²) < 4.78 is 0.0854. The Balaban J connectivity index is 2.62. The van der Waals surface area contributed by atoms with Crippen molar-refractivity contribution in [3.8, 4) is 0 Å². The second kappa shape index (κ2) is 3.64. The predicted octanol–water partition coefficient (Wildman–Crippen LogP) is 3.23. The van der Waals surface area contributed by atoms with Crippen molar-refractivity contribution in [2.75, 3.05) is 0 Å². The lowest BCUT2D eigenvalue weighted by molar-refractivity contribution is 1.08. The van der Waals surface area contributed by atoms with Crippen molar-refractivity contribution in [2.45, 2.75) is 4.05 Å². The number of hydrogen-bond donors (Lipinski definition) is 1. The molecule has 1 nitrogen and oxygen atoms in total. The summed E-state index contributed by atoms with van der Waals surface area (Å²) in [5, 5.41) is 2.52. The standard InChI is InChI=1S/C11H10IN/c12-11(13)10-6-5-8-3-1-2-4-9(8)7-10/h1-7,11H,13H2. The normalized spacial score (nSPS) is 13.1. The van der Waals surface area contributed by atoms with Crippen LogP contribution in [-0.2, 0) is 0 Å². The van der Waals surface area contributed by atoms with E-state index in [1.807, 2.05) is 12.1 Å². The van der Waals surface area contributed by atoms with Crippen molar-refractivity contribution in [1.29, 1.82) is 0 Å². The van der Waals surface area contributed by atoms with Crippen LogP contribution in [0.25, 0.3) is 10.8 Å². The topological polar surface area (TPSA) is 26.0 Å². The average Bonchev–Trinajstić information content (AvgIpc) is 2.17. The third kappa shape index (κ3) is 1.84. The summed E-state index contributed by atoms with van der Waals surface area (Å²) in [6.45, 7) is 0. The van der Waals surface area contributed by atoms with E-state index in [-0.39, 0.29) is 4.05 Å². The summed E-state index contributed by atoms with van der Waals surface area (Å²) in [6, 6.07) is 14.7. The van der Waals surface area contributed by atoms with Gasteiger partial charge in [-0.15, -0.1) is 0 Å². The van der Waals surface area contributed by atoms with Crippen LogP contribution >= 0.6 is 22.6 Å². The molecule has 1 unspecified atom stereocenters. The highest BCUT2D eigenvalue weighted by molar-refractivity contribution is 14.1. The van der Waals surface area contributed by atoms with Crippen LogP contribution in [0.5, 0.6) is 0 Å². The summed E-state index contributed by atoms with van der Waals surface area (Å²) in [6.07, 6.45) is 0. The number of hydrogen-bond acceptors (Lipinski definition) is 1. The van der Waals surface area contributed by atoms with Gasteiger partial charge in [0.05, 0.1) is 4.05 Å². The molecule has 2 N–H and O–H groups in total. The Morgan fingerprint density at radius 1 is 1.00 bits per heavy atom. The van der Waals surface area contributed by atoms with Gasteiger partial charge in [0, 0.05) is 0 Å². The van der Waals surface area contributed by atoms with E-state index in [0.29, 0.717) is 0 Å². The molecule has 0 heterocycles. The smallest absolute Gasteiger partial charge is 0.0824 e. The minimum atomic E-state index is 0.0854. The highest BCUT2D eigenvalue weighted by Gasteiger charge is 2.00. The molecule has 2 aromatic carbocycles. The molecule has 0 fully saturated rings. The zero-order valence-electron chi connectivity index (χ0n) is 7.07. The van der Waals surface area contributed by atoms with E-state index >= 15 is 0 Å². The van der Waals surface area contributed by atoms with Gasteiger partial charge in [0.2, 0.25) is 0 Å². The molecule has 0 amide bonds. The molecule has 66 valence electrons. The van der Waals surface area contributed by atoms with E-state index in [2.05, 4.69) is 52.9 Å². The van der Waals surface area contributed by atoms with Gasteiger partial charge in [-0.2, -0.15) is 0 Å². The second-order valence-electron chi connectivity index (χ2n) is 3.01. The molecule has 0 spiro atoms. The van der Waals surface area contributed by atoms with Crippen LogP contribution in [-0.4, -0.2) is 0 Å². The molecule has 0 saturated carbocycles. The van der Waals surface area contributed by atoms with Crippen molar-refractivity contribution in [2.24, 2.45) is 5.73 Å². The van der Waals surface area contributed by atoms with Crippen LogP contribution in [0.1, 0.15) is 9.61 Å². The zero-order valence-corrected chi connectivity index (χ0v) is 9.23. The zero-order chi connectivity index (χ0) is 9.26. The fraction of sp³-hybridized carbons (Fsp3) is 0.0909. The molecule has 0 bridgehead atoms. The molecule has 0 aliphatic carbocycles. The number of nitrogens with two attached hydrogens (primary N) is 1. The lowest BCUT2D eigenvalue weighted by atomic mass is 10.1. The fourth-order valence-electron chi connectivity index (χ4n) is 1.38. The van der Waals surface area contributed by atoms with Crippen molar-refractivity contribution >= 4 is 33.4 Å². The second-order valence-corrected chi connectivity index (χ2v) is 4.35. The number of fused-ring (bicyclic) bond motifs is 1. The van der Waals surface area contributed by atoms with E-state index in [1.54, 1.807) is 0 Å². The lowest BCUT2D eigenvalue weighted by Crippen LogP contribution is -2.00. The van der Waals surface area contributed by atoms with Gasteiger partial charge in [-0.3, -0.25) is 0 Å². The highest BCUT2D eigenvalue weighted by atomic mass is 127. The van der Waals surface area contributed by atoms with E-state index in [1.165, 1.54) is 16.3 Å². The molecule has 0 aromatic heterocycles. The first kappa shape index (κ1) is 8.97. The van der Waals surface area contributed by atoms with Gasteiger partial charge in [-0.25, -0.2) is 0 Å². The minimum Gasteiger partial charge on any atom is -0.316 e. The Kier molecular flexibility index (Phi) is 2.51. The molecule has 0 aliphatic rings. The van der Waals surface area contributed by atoms with Crippen LogP contribution < -0.4 is 5.73 Å². The van der Waals surface area contributed by atoms with Crippen molar-refractivity contribution < 1.29 is 0 Å². The minimum absolute atomic E-state index is 0.0854. The molecule has 0 saturated heterocycles. The predicted molar refractivity (Wildman–Crippen MR) is 64.9 cm³/mol. The van der Waals surface area contributed by atoms with Gasteiger partial charge in [-0.05, 0) is 22.4 Å². The molecular weight excluding hydrogens is 273 g/mol. The quantitative estimate of drug-likeness (QED) is 0.485. The maximum Gasteiger partial charge on any atom is 0.0824 e. The molecule has 0 radical (unpaired) electrons. The lowest BCUT2D eigenvalue weighted by Gasteiger charge is -2.05. The summed E-state index contributed by atoms with van der Waals surface area (Å²) in [7, 11) is 0. The monoisotopic (exact) mass is 283 g/mol. The van der Waals surface area contributed by atoms with Crippen LogP contribution in [0.4, 0.5) is 0 Å². The maximum atomic E-state index is 5.79. The Bertz CT molecular complexity index is 423. The van der Waals surface area contributed by atoms with E-state index < -0.39 is 0 Å². The fourth-order valence-corrected chi connectivity index (χ4v) is 1.77.